The Hall–Kier alpha value is 0.400. The number of alkyl halides is 2. The van der Waals surface area contributed by atoms with E-state index in [0.29, 0.717) is 16.1 Å². The predicted octanol–water partition coefficient (Wildman–Crippen LogP) is 4.83. The van der Waals surface area contributed by atoms with Crippen LogP contribution in [0.2, 0.25) is 0 Å². The van der Waals surface area contributed by atoms with Gasteiger partial charge >= 0.3 is 0 Å². The maximum absolute atomic E-state index is 9.76. The average Bonchev–Trinajstić information content (AvgIpc) is 2.32. The fourth-order valence-electron chi connectivity index (χ4n) is 2.63. The van der Waals surface area contributed by atoms with Crippen molar-refractivity contribution in [3.05, 3.63) is 23.8 Å². The Kier molecular flexibility index (Phi) is 6.14. The van der Waals surface area contributed by atoms with Crippen LogP contribution in [0.3, 0.4) is 0 Å². The maximum Gasteiger partial charge on any atom is 0.0844 e. The highest BCUT2D eigenvalue weighted by molar-refractivity contribution is 9.09. The topological polar surface area (TPSA) is 20.2 Å². The number of allylic oxidation sites excluding steroid dienone is 2. The van der Waals surface area contributed by atoms with E-state index in [2.05, 4.69) is 58.4 Å². The van der Waals surface area contributed by atoms with E-state index in [1.54, 1.807) is 0 Å². The van der Waals surface area contributed by atoms with Crippen LogP contribution >= 0.6 is 31.9 Å². The first-order valence-corrected chi connectivity index (χ1v) is 8.56. The lowest BCUT2D eigenvalue weighted by atomic mass is 9.65. The van der Waals surface area contributed by atoms with E-state index < -0.39 is 0 Å². The molecule has 0 bridgehead atoms. The molecule has 1 aliphatic rings. The molecule has 0 spiro atoms. The van der Waals surface area contributed by atoms with Gasteiger partial charge in [-0.05, 0) is 43.1 Å². The van der Waals surface area contributed by atoms with Gasteiger partial charge in [0, 0.05) is 10.2 Å². The molecule has 0 radical (unpaired) electrons. The summed E-state index contributed by atoms with van der Waals surface area (Å²) in [4.78, 5) is 0.551. The minimum Gasteiger partial charge on any atom is -0.388 e. The van der Waals surface area contributed by atoms with Gasteiger partial charge in [-0.25, -0.2) is 0 Å². The van der Waals surface area contributed by atoms with Crippen molar-refractivity contribution in [3.63, 3.8) is 0 Å². The first kappa shape index (κ1) is 16.5. The number of rotatable bonds is 4. The van der Waals surface area contributed by atoms with Gasteiger partial charge in [-0.2, -0.15) is 0 Å². The van der Waals surface area contributed by atoms with Crippen molar-refractivity contribution in [3.8, 4) is 0 Å². The molecule has 18 heavy (non-hydrogen) atoms. The molecule has 0 heterocycles. The Morgan fingerprint density at radius 1 is 1.61 bits per heavy atom. The van der Waals surface area contributed by atoms with Gasteiger partial charge in [-0.1, -0.05) is 63.9 Å². The molecular weight excluding hydrogens is 356 g/mol. The monoisotopic (exact) mass is 378 g/mol. The molecule has 0 aromatic heterocycles. The third-order valence-electron chi connectivity index (χ3n) is 4.26. The van der Waals surface area contributed by atoms with Crippen molar-refractivity contribution >= 4 is 31.9 Å². The maximum atomic E-state index is 9.76. The molecule has 1 fully saturated rings. The molecule has 0 saturated heterocycles. The van der Waals surface area contributed by atoms with Gasteiger partial charge in [-0.3, -0.25) is 0 Å². The summed E-state index contributed by atoms with van der Waals surface area (Å²) >= 11 is 7.12. The van der Waals surface area contributed by atoms with Gasteiger partial charge in [0.15, 0.2) is 0 Å². The van der Waals surface area contributed by atoms with Gasteiger partial charge in [-0.15, -0.1) is 0 Å². The number of hydrogen-bond acceptors (Lipinski definition) is 1. The lowest BCUT2D eigenvalue weighted by molar-refractivity contribution is 0.203. The highest BCUT2D eigenvalue weighted by Gasteiger charge is 2.40. The van der Waals surface area contributed by atoms with Crippen molar-refractivity contribution in [1.29, 1.82) is 0 Å². The van der Waals surface area contributed by atoms with Crippen LogP contribution in [0.4, 0.5) is 0 Å². The molecule has 1 saturated carbocycles. The van der Waals surface area contributed by atoms with Gasteiger partial charge in [0.05, 0.1) is 6.10 Å². The molecule has 1 rings (SSSR count). The van der Waals surface area contributed by atoms with Crippen LogP contribution in [-0.2, 0) is 0 Å². The smallest absolute Gasteiger partial charge is 0.0844 e. The van der Waals surface area contributed by atoms with Crippen LogP contribution in [0.1, 0.15) is 40.0 Å². The van der Waals surface area contributed by atoms with Crippen molar-refractivity contribution in [2.24, 2.45) is 11.3 Å². The molecule has 1 nitrogen and oxygen atoms in total. The summed E-state index contributed by atoms with van der Waals surface area (Å²) < 4.78 is 0. The van der Waals surface area contributed by atoms with E-state index in [-0.39, 0.29) is 11.5 Å². The highest BCUT2D eigenvalue weighted by atomic mass is 79.9. The lowest BCUT2D eigenvalue weighted by Gasteiger charge is -2.44. The van der Waals surface area contributed by atoms with Crippen molar-refractivity contribution in [2.45, 2.75) is 51.0 Å². The summed E-state index contributed by atoms with van der Waals surface area (Å²) in [6, 6.07) is 0. The molecule has 0 amide bonds. The zero-order valence-corrected chi connectivity index (χ0v) is 14.7. The summed E-state index contributed by atoms with van der Waals surface area (Å²) in [6.45, 7) is 10.9. The van der Waals surface area contributed by atoms with Crippen molar-refractivity contribution in [2.75, 3.05) is 5.33 Å². The molecule has 1 unspecified atom stereocenters. The second-order valence-corrected chi connectivity index (χ2v) is 7.65. The standard InChI is InChI=1S/C15H24Br2O/c1-10-6-8-14(17)15(3,4)12(10)7-5-11(2)13(18)9-16/h5,12-14,18H,1,6-9H2,2-4H3/b11-5+/t12-,13?,14+/m0/s1. The zero-order chi connectivity index (χ0) is 13.9. The molecule has 3 heteroatoms. The average molecular weight is 380 g/mol. The van der Waals surface area contributed by atoms with Crippen LogP contribution < -0.4 is 0 Å². The number of hydrogen-bond donors (Lipinski definition) is 1. The molecule has 104 valence electrons. The summed E-state index contributed by atoms with van der Waals surface area (Å²) in [5.74, 6) is 0.494. The van der Waals surface area contributed by atoms with E-state index in [4.69, 9.17) is 0 Å². The first-order chi connectivity index (χ1) is 8.30. The third kappa shape index (κ3) is 3.71. The molecule has 1 aliphatic carbocycles. The molecule has 0 aliphatic heterocycles. The summed E-state index contributed by atoms with van der Waals surface area (Å²) in [5.41, 5.74) is 2.63. The van der Waals surface area contributed by atoms with Gasteiger partial charge < -0.3 is 5.11 Å². The van der Waals surface area contributed by atoms with Gasteiger partial charge in [0.1, 0.15) is 0 Å². The van der Waals surface area contributed by atoms with E-state index in [1.165, 1.54) is 12.0 Å². The summed E-state index contributed by atoms with van der Waals surface area (Å²) in [7, 11) is 0. The quantitative estimate of drug-likeness (QED) is 0.547. The predicted molar refractivity (Wildman–Crippen MR) is 86.5 cm³/mol. The Labute approximate surface area is 128 Å². The van der Waals surface area contributed by atoms with Crippen LogP contribution in [0.5, 0.6) is 0 Å². The molecule has 3 atom stereocenters. The highest BCUT2D eigenvalue weighted by Crippen LogP contribution is 2.48. The van der Waals surface area contributed by atoms with Crippen molar-refractivity contribution in [1.82, 2.24) is 0 Å². The van der Waals surface area contributed by atoms with Crippen LogP contribution in [-0.4, -0.2) is 21.4 Å². The fraction of sp³-hybridized carbons (Fsp3) is 0.733. The van der Waals surface area contributed by atoms with Crippen molar-refractivity contribution < 1.29 is 5.11 Å². The van der Waals surface area contributed by atoms with Crippen LogP contribution in [0, 0.1) is 11.3 Å². The Bertz CT molecular complexity index is 333. The molecule has 0 aromatic rings. The number of aliphatic hydroxyl groups is 1. The summed E-state index contributed by atoms with van der Waals surface area (Å²) in [6.07, 6.45) is 5.07. The Morgan fingerprint density at radius 3 is 2.78 bits per heavy atom. The number of aliphatic hydroxyl groups excluding tert-OH is 1. The third-order valence-corrected chi connectivity index (χ3v) is 6.52. The minimum absolute atomic E-state index is 0.228. The normalized spacial score (nSPS) is 30.3. The first-order valence-electron chi connectivity index (χ1n) is 6.53. The fourth-order valence-corrected chi connectivity index (χ4v) is 3.69. The van der Waals surface area contributed by atoms with E-state index in [0.717, 1.165) is 18.4 Å². The SMILES string of the molecule is C=C1CC[C@@H](Br)C(C)(C)[C@H]1C/C=C(\C)C(O)CBr. The summed E-state index contributed by atoms with van der Waals surface area (Å²) in [5, 5.41) is 10.4. The second-order valence-electron chi connectivity index (χ2n) is 5.89. The van der Waals surface area contributed by atoms with E-state index in [9.17, 15) is 5.11 Å². The zero-order valence-electron chi connectivity index (χ0n) is 11.5. The molecule has 1 N–H and O–H groups in total. The molecular formula is C15H24Br2O. The van der Waals surface area contributed by atoms with Gasteiger partial charge in [0.2, 0.25) is 0 Å². The lowest BCUT2D eigenvalue weighted by Crippen LogP contribution is -2.38. The van der Waals surface area contributed by atoms with E-state index in [1.807, 2.05) is 6.92 Å². The largest absolute Gasteiger partial charge is 0.388 e. The minimum atomic E-state index is -0.371. The van der Waals surface area contributed by atoms with E-state index >= 15 is 0 Å². The van der Waals surface area contributed by atoms with Gasteiger partial charge in [0.25, 0.3) is 0 Å². The Morgan fingerprint density at radius 2 is 2.22 bits per heavy atom. The Balaban J connectivity index is 2.78. The number of halogens is 2. The second kappa shape index (κ2) is 6.71. The molecule has 0 aromatic carbocycles. The van der Waals surface area contributed by atoms with Crippen LogP contribution in [0.15, 0.2) is 23.8 Å². The van der Waals surface area contributed by atoms with Crippen LogP contribution in [0.25, 0.3) is 0 Å².